The predicted molar refractivity (Wildman–Crippen MR) is 107 cm³/mol. The first-order valence-electron chi connectivity index (χ1n) is 9.25. The predicted octanol–water partition coefficient (Wildman–Crippen LogP) is 3.69. The quantitative estimate of drug-likeness (QED) is 0.730. The van der Waals surface area contributed by atoms with Crippen molar-refractivity contribution in [1.29, 1.82) is 0 Å². The van der Waals surface area contributed by atoms with Gasteiger partial charge >= 0.3 is 0 Å². The molecule has 4 rings (SSSR count). The number of hydrogen-bond acceptors (Lipinski definition) is 5. The van der Waals surface area contributed by atoms with Crippen LogP contribution in [0.5, 0.6) is 0 Å². The van der Waals surface area contributed by atoms with Crippen LogP contribution in [0.1, 0.15) is 5.56 Å². The molecule has 0 aliphatic carbocycles. The molecule has 144 valence electrons. The maximum Gasteiger partial charge on any atom is 0.227 e. The lowest BCUT2D eigenvalue weighted by atomic mass is 10.2. The van der Waals surface area contributed by atoms with Gasteiger partial charge in [-0.1, -0.05) is 24.3 Å². The minimum atomic E-state index is -0.248. The fourth-order valence-corrected chi connectivity index (χ4v) is 3.25. The number of rotatable bonds is 5. The second-order valence-corrected chi connectivity index (χ2v) is 6.65. The third kappa shape index (κ3) is 4.19. The SMILES string of the molecule is Fc1ccc(CNc2ccnc(N3CCN(c4ccccc4F)CC3)n2)cc1. The van der Waals surface area contributed by atoms with E-state index in [1.54, 1.807) is 24.4 Å². The molecule has 0 atom stereocenters. The van der Waals surface area contributed by atoms with Crippen LogP contribution in [0.4, 0.5) is 26.2 Å². The minimum Gasteiger partial charge on any atom is -0.366 e. The first-order valence-corrected chi connectivity index (χ1v) is 9.25. The van der Waals surface area contributed by atoms with Gasteiger partial charge in [-0.2, -0.15) is 4.98 Å². The van der Waals surface area contributed by atoms with Crippen molar-refractivity contribution in [3.63, 3.8) is 0 Å². The van der Waals surface area contributed by atoms with Crippen LogP contribution in [0.2, 0.25) is 0 Å². The highest BCUT2D eigenvalue weighted by molar-refractivity contribution is 5.50. The molecule has 28 heavy (non-hydrogen) atoms. The summed E-state index contributed by atoms with van der Waals surface area (Å²) >= 11 is 0. The third-order valence-electron chi connectivity index (χ3n) is 4.79. The van der Waals surface area contributed by atoms with Crippen LogP contribution in [0.25, 0.3) is 0 Å². The third-order valence-corrected chi connectivity index (χ3v) is 4.79. The molecule has 1 saturated heterocycles. The summed E-state index contributed by atoms with van der Waals surface area (Å²) in [6, 6.07) is 15.0. The van der Waals surface area contributed by atoms with Gasteiger partial charge in [-0.15, -0.1) is 0 Å². The normalized spacial score (nSPS) is 14.2. The Morgan fingerprint density at radius 2 is 1.57 bits per heavy atom. The fraction of sp³-hybridized carbons (Fsp3) is 0.238. The lowest BCUT2D eigenvalue weighted by molar-refractivity contribution is 0.594. The van der Waals surface area contributed by atoms with Crippen LogP contribution in [0.3, 0.4) is 0 Å². The number of benzene rings is 2. The van der Waals surface area contributed by atoms with Gasteiger partial charge in [0.05, 0.1) is 5.69 Å². The highest BCUT2D eigenvalue weighted by Gasteiger charge is 2.21. The van der Waals surface area contributed by atoms with Crippen LogP contribution in [-0.4, -0.2) is 36.1 Å². The summed E-state index contributed by atoms with van der Waals surface area (Å²) in [5.74, 6) is 0.921. The van der Waals surface area contributed by atoms with Crippen LogP contribution < -0.4 is 15.1 Å². The number of hydrogen-bond donors (Lipinski definition) is 1. The van der Waals surface area contributed by atoms with E-state index in [1.807, 2.05) is 23.1 Å². The Bertz CT molecular complexity index is 924. The van der Waals surface area contributed by atoms with E-state index in [9.17, 15) is 8.78 Å². The van der Waals surface area contributed by atoms with E-state index in [4.69, 9.17) is 0 Å². The monoisotopic (exact) mass is 381 g/mol. The molecule has 5 nitrogen and oxygen atoms in total. The van der Waals surface area contributed by atoms with Crippen molar-refractivity contribution >= 4 is 17.5 Å². The lowest BCUT2D eigenvalue weighted by Gasteiger charge is -2.36. The molecule has 0 unspecified atom stereocenters. The van der Waals surface area contributed by atoms with Crippen molar-refractivity contribution in [3.05, 3.63) is 78.0 Å². The van der Waals surface area contributed by atoms with Gasteiger partial charge in [0.2, 0.25) is 5.95 Å². The fourth-order valence-electron chi connectivity index (χ4n) is 3.25. The van der Waals surface area contributed by atoms with E-state index in [0.29, 0.717) is 37.1 Å². The standard InChI is InChI=1S/C21H21F2N5/c22-17-7-5-16(6-8-17)15-25-20-9-10-24-21(26-20)28-13-11-27(12-14-28)19-4-2-1-3-18(19)23/h1-10H,11-15H2,(H,24,25,26). The summed E-state index contributed by atoms with van der Waals surface area (Å²) in [5, 5.41) is 3.24. The number of nitrogens with one attached hydrogen (secondary N) is 1. The van der Waals surface area contributed by atoms with Crippen molar-refractivity contribution < 1.29 is 8.78 Å². The first kappa shape index (κ1) is 18.2. The summed E-state index contributed by atoms with van der Waals surface area (Å²) < 4.78 is 27.0. The van der Waals surface area contributed by atoms with E-state index in [2.05, 4.69) is 20.2 Å². The Kier molecular flexibility index (Phi) is 5.32. The van der Waals surface area contributed by atoms with E-state index in [-0.39, 0.29) is 11.6 Å². The van der Waals surface area contributed by atoms with Crippen LogP contribution >= 0.6 is 0 Å². The van der Waals surface area contributed by atoms with Crippen LogP contribution in [0, 0.1) is 11.6 Å². The van der Waals surface area contributed by atoms with E-state index < -0.39 is 0 Å². The molecule has 1 aliphatic rings. The van der Waals surface area contributed by atoms with Gasteiger partial charge in [0.15, 0.2) is 0 Å². The molecule has 2 aromatic carbocycles. The Labute approximate surface area is 162 Å². The van der Waals surface area contributed by atoms with E-state index >= 15 is 0 Å². The second-order valence-electron chi connectivity index (χ2n) is 6.65. The number of nitrogens with zero attached hydrogens (tertiary/aromatic N) is 4. The molecule has 0 bridgehead atoms. The van der Waals surface area contributed by atoms with Crippen molar-refractivity contribution in [2.24, 2.45) is 0 Å². The molecule has 7 heteroatoms. The molecule has 0 amide bonds. The highest BCUT2D eigenvalue weighted by Crippen LogP contribution is 2.22. The summed E-state index contributed by atoms with van der Waals surface area (Å²) in [4.78, 5) is 13.1. The van der Waals surface area contributed by atoms with Crippen molar-refractivity contribution in [3.8, 4) is 0 Å². The maximum absolute atomic E-state index is 14.0. The van der Waals surface area contributed by atoms with Gasteiger partial charge in [-0.3, -0.25) is 0 Å². The lowest BCUT2D eigenvalue weighted by Crippen LogP contribution is -2.47. The zero-order valence-corrected chi connectivity index (χ0v) is 15.4. The summed E-state index contributed by atoms with van der Waals surface area (Å²) in [7, 11) is 0. The van der Waals surface area contributed by atoms with Gasteiger partial charge in [0.25, 0.3) is 0 Å². The number of aromatic nitrogens is 2. The summed E-state index contributed by atoms with van der Waals surface area (Å²) in [6.07, 6.45) is 1.72. The maximum atomic E-state index is 14.0. The molecule has 1 fully saturated rings. The van der Waals surface area contributed by atoms with Crippen molar-refractivity contribution in [2.75, 3.05) is 41.3 Å². The molecule has 1 N–H and O–H groups in total. The molecule has 2 heterocycles. The van der Waals surface area contributed by atoms with Gasteiger partial charge in [0, 0.05) is 38.9 Å². The Balaban J connectivity index is 1.37. The van der Waals surface area contributed by atoms with Crippen molar-refractivity contribution in [1.82, 2.24) is 9.97 Å². The number of halogens is 2. The van der Waals surface area contributed by atoms with E-state index in [1.165, 1.54) is 18.2 Å². The summed E-state index contributed by atoms with van der Waals surface area (Å²) in [5.41, 5.74) is 1.61. The zero-order chi connectivity index (χ0) is 19.3. The van der Waals surface area contributed by atoms with Crippen LogP contribution in [0.15, 0.2) is 60.8 Å². The Hall–Kier alpha value is -3.22. The molecule has 0 spiro atoms. The average Bonchev–Trinajstić information content (AvgIpc) is 2.74. The van der Waals surface area contributed by atoms with Gasteiger partial charge in [0.1, 0.15) is 17.5 Å². The molecular weight excluding hydrogens is 360 g/mol. The molecule has 1 aliphatic heterocycles. The summed E-state index contributed by atoms with van der Waals surface area (Å²) in [6.45, 7) is 3.40. The molecule has 0 saturated carbocycles. The molecule has 0 radical (unpaired) electrons. The van der Waals surface area contributed by atoms with Gasteiger partial charge < -0.3 is 15.1 Å². The highest BCUT2D eigenvalue weighted by atomic mass is 19.1. The Morgan fingerprint density at radius 1 is 0.857 bits per heavy atom. The molecular formula is C21H21F2N5. The number of piperazine rings is 1. The molecule has 1 aromatic heterocycles. The van der Waals surface area contributed by atoms with Crippen molar-refractivity contribution in [2.45, 2.75) is 6.54 Å². The van der Waals surface area contributed by atoms with E-state index in [0.717, 1.165) is 18.7 Å². The van der Waals surface area contributed by atoms with Gasteiger partial charge in [-0.05, 0) is 35.9 Å². The average molecular weight is 381 g/mol. The van der Waals surface area contributed by atoms with Gasteiger partial charge in [-0.25, -0.2) is 13.8 Å². The number of para-hydroxylation sites is 1. The zero-order valence-electron chi connectivity index (χ0n) is 15.4. The Morgan fingerprint density at radius 3 is 2.32 bits per heavy atom. The first-order chi connectivity index (χ1) is 13.7. The second kappa shape index (κ2) is 8.21. The largest absolute Gasteiger partial charge is 0.366 e. The van der Waals surface area contributed by atoms with Crippen LogP contribution in [-0.2, 0) is 6.54 Å². The molecule has 3 aromatic rings. The number of anilines is 3. The minimum absolute atomic E-state index is 0.195. The topological polar surface area (TPSA) is 44.3 Å². The smallest absolute Gasteiger partial charge is 0.227 e.